The van der Waals surface area contributed by atoms with Gasteiger partial charge in [-0.25, -0.2) is 9.50 Å². The van der Waals surface area contributed by atoms with Gasteiger partial charge in [-0.15, -0.1) is 0 Å². The molecule has 3 aromatic rings. The van der Waals surface area contributed by atoms with Gasteiger partial charge in [-0.2, -0.15) is 5.10 Å². The molecule has 0 radical (unpaired) electrons. The molecule has 3 heterocycles. The topological polar surface area (TPSA) is 59.7 Å². The van der Waals surface area contributed by atoms with Gasteiger partial charge in [0.15, 0.2) is 5.65 Å². The molecule has 0 bridgehead atoms. The molecule has 7 heteroatoms. The first-order valence-electron chi connectivity index (χ1n) is 9.05. The van der Waals surface area contributed by atoms with Crippen LogP contribution in [0.1, 0.15) is 46.3 Å². The number of ether oxygens (including phenoxy) is 1. The maximum atomic E-state index is 13.1. The second kappa shape index (κ2) is 6.85. The number of para-hydroxylation sites is 1. The summed E-state index contributed by atoms with van der Waals surface area (Å²) in [5, 5.41) is 5.26. The van der Waals surface area contributed by atoms with Crippen molar-refractivity contribution in [2.24, 2.45) is 0 Å². The van der Waals surface area contributed by atoms with Crippen LogP contribution in [-0.4, -0.2) is 32.0 Å². The quantitative estimate of drug-likeness (QED) is 0.683. The molecule has 0 saturated heterocycles. The molecule has 6 nitrogen and oxygen atoms in total. The van der Waals surface area contributed by atoms with Crippen LogP contribution in [0.15, 0.2) is 24.3 Å². The van der Waals surface area contributed by atoms with Crippen LogP contribution >= 0.6 is 11.6 Å². The predicted octanol–water partition coefficient (Wildman–Crippen LogP) is 3.94. The fourth-order valence-corrected chi connectivity index (χ4v) is 3.53. The smallest absolute Gasteiger partial charge is 0.258 e. The van der Waals surface area contributed by atoms with Gasteiger partial charge in [0, 0.05) is 5.56 Å². The minimum atomic E-state index is -0.0553. The molecule has 27 heavy (non-hydrogen) atoms. The summed E-state index contributed by atoms with van der Waals surface area (Å²) < 4.78 is 7.52. The molecule has 0 atom stereocenters. The molecular weight excluding hydrogens is 364 g/mol. The lowest BCUT2D eigenvalue weighted by atomic mass is 10.1. The fraction of sp³-hybridized carbons (Fsp3) is 0.350. The van der Waals surface area contributed by atoms with Crippen LogP contribution in [0, 0.1) is 13.8 Å². The zero-order chi connectivity index (χ0) is 19.1. The maximum Gasteiger partial charge on any atom is 0.258 e. The average molecular weight is 385 g/mol. The van der Waals surface area contributed by atoms with E-state index in [2.05, 4.69) is 10.1 Å². The van der Waals surface area contributed by atoms with E-state index >= 15 is 0 Å². The van der Waals surface area contributed by atoms with Crippen LogP contribution in [0.3, 0.4) is 0 Å². The Labute approximate surface area is 162 Å². The first-order chi connectivity index (χ1) is 13.0. The van der Waals surface area contributed by atoms with Crippen LogP contribution in [0.2, 0.25) is 5.02 Å². The van der Waals surface area contributed by atoms with Crippen LogP contribution in [0.4, 0.5) is 0 Å². The molecule has 1 aliphatic heterocycles. The number of rotatable bonds is 4. The van der Waals surface area contributed by atoms with Crippen molar-refractivity contribution in [3.63, 3.8) is 0 Å². The lowest BCUT2D eigenvalue weighted by Gasteiger charge is -2.18. The zero-order valence-electron chi connectivity index (χ0n) is 15.6. The Bertz CT molecular complexity index is 1040. The average Bonchev–Trinajstić information content (AvgIpc) is 3.23. The number of aromatic nitrogens is 3. The van der Waals surface area contributed by atoms with Gasteiger partial charge < -0.3 is 9.64 Å². The van der Waals surface area contributed by atoms with E-state index in [-0.39, 0.29) is 5.91 Å². The fourth-order valence-electron chi connectivity index (χ4n) is 3.41. The molecule has 4 rings (SSSR count). The summed E-state index contributed by atoms with van der Waals surface area (Å²) in [5.41, 5.74) is 4.84. The first kappa shape index (κ1) is 17.8. The lowest BCUT2D eigenvalue weighted by molar-refractivity contribution is 0.0745. The minimum Gasteiger partial charge on any atom is -0.493 e. The molecule has 1 aromatic carbocycles. The first-order valence-corrected chi connectivity index (χ1v) is 9.43. The van der Waals surface area contributed by atoms with Crippen LogP contribution in [-0.2, 0) is 13.1 Å². The van der Waals surface area contributed by atoms with Crippen molar-refractivity contribution >= 4 is 23.2 Å². The van der Waals surface area contributed by atoms with Gasteiger partial charge >= 0.3 is 0 Å². The lowest BCUT2D eigenvalue weighted by Crippen LogP contribution is -2.26. The molecular formula is C20H21ClN4O2. The summed E-state index contributed by atoms with van der Waals surface area (Å²) in [4.78, 5) is 19.5. The highest BCUT2D eigenvalue weighted by Crippen LogP contribution is 2.31. The van der Waals surface area contributed by atoms with Crippen molar-refractivity contribution in [3.8, 4) is 5.75 Å². The largest absolute Gasteiger partial charge is 0.493 e. The van der Waals surface area contributed by atoms with E-state index in [0.29, 0.717) is 36.0 Å². The molecule has 0 spiro atoms. The highest BCUT2D eigenvalue weighted by atomic mass is 35.5. The van der Waals surface area contributed by atoms with Crippen LogP contribution < -0.4 is 4.74 Å². The van der Waals surface area contributed by atoms with Gasteiger partial charge in [0.05, 0.1) is 47.4 Å². The summed E-state index contributed by atoms with van der Waals surface area (Å²) in [6.45, 7) is 7.37. The van der Waals surface area contributed by atoms with Crippen molar-refractivity contribution < 1.29 is 9.53 Å². The molecule has 1 aliphatic rings. The molecule has 0 fully saturated rings. The summed E-state index contributed by atoms with van der Waals surface area (Å²) in [6, 6.07) is 7.38. The number of amides is 1. The van der Waals surface area contributed by atoms with E-state index in [1.54, 1.807) is 9.42 Å². The summed E-state index contributed by atoms with van der Waals surface area (Å²) in [7, 11) is 0. The number of fused-ring (bicyclic) bond motifs is 3. The third-order valence-corrected chi connectivity index (χ3v) is 5.37. The number of aryl methyl sites for hydroxylation is 2. The SMILES string of the molecule is CCCOc1ccccc1C(=O)N1Cc2nn3c(C)c(Cl)c(C)nc3c2C1. The number of hydrogen-bond donors (Lipinski definition) is 0. The number of hydrogen-bond acceptors (Lipinski definition) is 4. The van der Waals surface area contributed by atoms with Gasteiger partial charge in [-0.1, -0.05) is 30.7 Å². The molecule has 0 N–H and O–H groups in total. The molecule has 0 aliphatic carbocycles. The number of nitrogens with zero attached hydrogens (tertiary/aromatic N) is 4. The van der Waals surface area contributed by atoms with E-state index in [0.717, 1.165) is 34.7 Å². The van der Waals surface area contributed by atoms with Crippen LogP contribution in [0.5, 0.6) is 5.75 Å². The monoisotopic (exact) mass is 384 g/mol. The molecule has 1 amide bonds. The molecule has 0 saturated carbocycles. The molecule has 2 aromatic heterocycles. The third kappa shape index (κ3) is 2.94. The zero-order valence-corrected chi connectivity index (χ0v) is 16.4. The van der Waals surface area contributed by atoms with Gasteiger partial charge in [0.25, 0.3) is 5.91 Å². The Balaban J connectivity index is 1.65. The van der Waals surface area contributed by atoms with Crippen molar-refractivity contribution in [2.75, 3.05) is 6.61 Å². The maximum absolute atomic E-state index is 13.1. The summed E-state index contributed by atoms with van der Waals surface area (Å²) in [5.74, 6) is 0.569. The van der Waals surface area contributed by atoms with Crippen molar-refractivity contribution in [1.29, 1.82) is 0 Å². The second-order valence-electron chi connectivity index (χ2n) is 6.76. The van der Waals surface area contributed by atoms with Gasteiger partial charge in [0.2, 0.25) is 0 Å². The standard InChI is InChI=1S/C20H21ClN4O2/c1-4-9-27-17-8-6-5-7-14(17)20(26)24-10-15-16(11-24)23-25-13(3)18(21)12(2)22-19(15)25/h5-8H,4,9-11H2,1-3H3. The summed E-state index contributed by atoms with van der Waals surface area (Å²) in [6.07, 6.45) is 0.891. The van der Waals surface area contributed by atoms with E-state index in [4.69, 9.17) is 16.3 Å². The van der Waals surface area contributed by atoms with Crippen molar-refractivity contribution in [2.45, 2.75) is 40.3 Å². The summed E-state index contributed by atoms with van der Waals surface area (Å²) >= 11 is 6.30. The number of carbonyl (C=O) groups excluding carboxylic acids is 1. The van der Waals surface area contributed by atoms with E-state index in [1.165, 1.54) is 0 Å². The number of benzene rings is 1. The number of carbonyl (C=O) groups is 1. The van der Waals surface area contributed by atoms with Gasteiger partial charge in [0.1, 0.15) is 5.75 Å². The van der Waals surface area contributed by atoms with E-state index in [1.807, 2.05) is 45.0 Å². The Kier molecular flexibility index (Phi) is 4.52. The number of halogens is 1. The molecule has 0 unspecified atom stereocenters. The second-order valence-corrected chi connectivity index (χ2v) is 7.14. The van der Waals surface area contributed by atoms with E-state index in [9.17, 15) is 4.79 Å². The van der Waals surface area contributed by atoms with Crippen molar-refractivity contribution in [3.05, 3.63) is 57.5 Å². The Hall–Kier alpha value is -2.60. The highest BCUT2D eigenvalue weighted by molar-refractivity contribution is 6.31. The predicted molar refractivity (Wildman–Crippen MR) is 103 cm³/mol. The normalized spacial score (nSPS) is 13.3. The van der Waals surface area contributed by atoms with E-state index < -0.39 is 0 Å². The third-order valence-electron chi connectivity index (χ3n) is 4.82. The van der Waals surface area contributed by atoms with Crippen molar-refractivity contribution in [1.82, 2.24) is 19.5 Å². The Morgan fingerprint density at radius 1 is 1.26 bits per heavy atom. The van der Waals surface area contributed by atoms with Crippen LogP contribution in [0.25, 0.3) is 5.65 Å². The Morgan fingerprint density at radius 2 is 2.04 bits per heavy atom. The highest BCUT2D eigenvalue weighted by Gasteiger charge is 2.31. The Morgan fingerprint density at radius 3 is 2.81 bits per heavy atom. The molecule has 140 valence electrons. The minimum absolute atomic E-state index is 0.0553. The van der Waals surface area contributed by atoms with Gasteiger partial charge in [-0.05, 0) is 32.4 Å². The van der Waals surface area contributed by atoms with Gasteiger partial charge in [-0.3, -0.25) is 4.79 Å².